The van der Waals surface area contributed by atoms with Crippen molar-refractivity contribution in [3.8, 4) is 0 Å². The summed E-state index contributed by atoms with van der Waals surface area (Å²) in [6.07, 6.45) is 0.717. The van der Waals surface area contributed by atoms with Crippen LogP contribution in [-0.4, -0.2) is 29.8 Å². The van der Waals surface area contributed by atoms with E-state index >= 15 is 0 Å². The van der Waals surface area contributed by atoms with E-state index in [-0.39, 0.29) is 11.4 Å². The predicted octanol–water partition coefficient (Wildman–Crippen LogP) is 4.69. The number of esters is 1. The molecular formula is C19H37NO4. The zero-order chi connectivity index (χ0) is 19.4. The van der Waals surface area contributed by atoms with Gasteiger partial charge in [0, 0.05) is 6.54 Å². The number of ether oxygens (including phenoxy) is 2. The van der Waals surface area contributed by atoms with Gasteiger partial charge < -0.3 is 14.8 Å². The van der Waals surface area contributed by atoms with Crippen LogP contribution in [0.4, 0.5) is 4.79 Å². The van der Waals surface area contributed by atoms with Gasteiger partial charge in [-0.1, -0.05) is 20.8 Å². The SMILES string of the molecule is CC(C)(C)CNC(=O)OC(C)(C)CCC(C)(C)C(=O)OC(C)(C)C. The lowest BCUT2D eigenvalue weighted by molar-refractivity contribution is -0.166. The lowest BCUT2D eigenvalue weighted by Gasteiger charge is -2.32. The van der Waals surface area contributed by atoms with Gasteiger partial charge >= 0.3 is 12.1 Å². The van der Waals surface area contributed by atoms with Crippen LogP contribution in [0.3, 0.4) is 0 Å². The third-order valence-corrected chi connectivity index (χ3v) is 3.44. The molecule has 0 aliphatic carbocycles. The van der Waals surface area contributed by atoms with E-state index in [4.69, 9.17) is 9.47 Å². The van der Waals surface area contributed by atoms with Crippen LogP contribution in [0.5, 0.6) is 0 Å². The molecule has 5 nitrogen and oxygen atoms in total. The Hall–Kier alpha value is -1.26. The summed E-state index contributed by atoms with van der Waals surface area (Å²) in [5.74, 6) is -0.233. The number of carbonyl (C=O) groups is 2. The molecule has 0 aliphatic rings. The highest BCUT2D eigenvalue weighted by Gasteiger charge is 2.35. The van der Waals surface area contributed by atoms with Crippen LogP contribution in [0.2, 0.25) is 0 Å². The van der Waals surface area contributed by atoms with Crippen LogP contribution in [0.15, 0.2) is 0 Å². The van der Waals surface area contributed by atoms with E-state index in [1.54, 1.807) is 0 Å². The second kappa shape index (κ2) is 7.75. The predicted molar refractivity (Wildman–Crippen MR) is 96.9 cm³/mol. The van der Waals surface area contributed by atoms with Crippen molar-refractivity contribution < 1.29 is 19.1 Å². The summed E-state index contributed by atoms with van der Waals surface area (Å²) in [7, 11) is 0. The fraction of sp³-hybridized carbons (Fsp3) is 0.895. The first-order valence-electron chi connectivity index (χ1n) is 8.64. The zero-order valence-corrected chi connectivity index (χ0v) is 17.3. The molecule has 0 aliphatic heterocycles. The molecule has 24 heavy (non-hydrogen) atoms. The van der Waals surface area contributed by atoms with Crippen LogP contribution >= 0.6 is 0 Å². The van der Waals surface area contributed by atoms with Crippen molar-refractivity contribution in [2.75, 3.05) is 6.54 Å². The molecule has 0 aromatic carbocycles. The number of hydrogen-bond donors (Lipinski definition) is 1. The smallest absolute Gasteiger partial charge is 0.407 e. The molecule has 0 saturated heterocycles. The summed E-state index contributed by atoms with van der Waals surface area (Å²) in [6.45, 7) is 19.7. The lowest BCUT2D eigenvalue weighted by Crippen LogP contribution is -2.40. The van der Waals surface area contributed by atoms with Gasteiger partial charge in [-0.3, -0.25) is 4.79 Å². The zero-order valence-electron chi connectivity index (χ0n) is 17.3. The number of rotatable bonds is 6. The first kappa shape index (κ1) is 22.7. The fourth-order valence-electron chi connectivity index (χ4n) is 1.81. The molecule has 0 saturated carbocycles. The van der Waals surface area contributed by atoms with Crippen molar-refractivity contribution in [1.82, 2.24) is 5.32 Å². The molecule has 0 spiro atoms. The first-order valence-corrected chi connectivity index (χ1v) is 8.64. The molecule has 1 amide bonds. The topological polar surface area (TPSA) is 64.6 Å². The summed E-state index contributed by atoms with van der Waals surface area (Å²) < 4.78 is 11.0. The van der Waals surface area contributed by atoms with E-state index in [0.29, 0.717) is 19.4 Å². The molecular weight excluding hydrogens is 306 g/mol. The Morgan fingerprint density at radius 2 is 1.29 bits per heavy atom. The minimum Gasteiger partial charge on any atom is -0.460 e. The largest absolute Gasteiger partial charge is 0.460 e. The maximum atomic E-state index is 12.3. The van der Waals surface area contributed by atoms with Gasteiger partial charge in [-0.2, -0.15) is 0 Å². The fourth-order valence-corrected chi connectivity index (χ4v) is 1.81. The second-order valence-corrected chi connectivity index (χ2v) is 9.95. The third kappa shape index (κ3) is 10.5. The van der Waals surface area contributed by atoms with Crippen molar-refractivity contribution >= 4 is 12.1 Å². The molecule has 0 aromatic heterocycles. The molecule has 0 rings (SSSR count). The quantitative estimate of drug-likeness (QED) is 0.711. The summed E-state index contributed by atoms with van der Waals surface area (Å²) in [5, 5.41) is 2.78. The first-order chi connectivity index (χ1) is 10.4. The Balaban J connectivity index is 4.54. The van der Waals surface area contributed by atoms with Gasteiger partial charge in [0.1, 0.15) is 11.2 Å². The molecule has 0 unspecified atom stereocenters. The number of hydrogen-bond acceptors (Lipinski definition) is 4. The second-order valence-electron chi connectivity index (χ2n) is 9.95. The van der Waals surface area contributed by atoms with Crippen LogP contribution in [0.25, 0.3) is 0 Å². The Morgan fingerprint density at radius 3 is 1.71 bits per heavy atom. The van der Waals surface area contributed by atoms with E-state index in [9.17, 15) is 9.59 Å². The summed E-state index contributed by atoms with van der Waals surface area (Å²) >= 11 is 0. The van der Waals surface area contributed by atoms with E-state index in [2.05, 4.69) is 5.32 Å². The number of nitrogens with one attached hydrogen (secondary N) is 1. The Labute approximate surface area is 147 Å². The maximum Gasteiger partial charge on any atom is 0.407 e. The molecule has 0 atom stereocenters. The van der Waals surface area contributed by atoms with Gasteiger partial charge in [0.2, 0.25) is 0 Å². The Morgan fingerprint density at radius 1 is 0.792 bits per heavy atom. The molecule has 0 aromatic rings. The standard InChI is InChI=1S/C19H37NO4/c1-16(2,3)13-20-15(22)24-19(9,10)12-11-18(7,8)14(21)23-17(4,5)6/h11-13H2,1-10H3,(H,20,22). The van der Waals surface area contributed by atoms with E-state index in [0.717, 1.165) is 0 Å². The minimum absolute atomic E-state index is 0.00185. The highest BCUT2D eigenvalue weighted by molar-refractivity contribution is 5.76. The average Bonchev–Trinajstić information content (AvgIpc) is 2.31. The number of alkyl carbamates (subject to hydrolysis) is 1. The van der Waals surface area contributed by atoms with E-state index < -0.39 is 22.7 Å². The highest BCUT2D eigenvalue weighted by Crippen LogP contribution is 2.31. The van der Waals surface area contributed by atoms with Crippen molar-refractivity contribution in [2.45, 2.75) is 93.3 Å². The minimum atomic E-state index is -0.652. The number of carbonyl (C=O) groups excluding carboxylic acids is 2. The third-order valence-electron chi connectivity index (χ3n) is 3.44. The van der Waals surface area contributed by atoms with Crippen LogP contribution in [-0.2, 0) is 14.3 Å². The van der Waals surface area contributed by atoms with Gasteiger partial charge in [0.15, 0.2) is 0 Å². The van der Waals surface area contributed by atoms with Crippen LogP contribution in [0.1, 0.15) is 82.1 Å². The number of amides is 1. The summed E-state index contributed by atoms with van der Waals surface area (Å²) in [4.78, 5) is 24.2. The van der Waals surface area contributed by atoms with Crippen LogP contribution < -0.4 is 5.32 Å². The highest BCUT2D eigenvalue weighted by atomic mass is 16.6. The molecule has 5 heteroatoms. The van der Waals surface area contributed by atoms with Gasteiger partial charge in [0.25, 0.3) is 0 Å². The van der Waals surface area contributed by atoms with Crippen molar-refractivity contribution in [2.24, 2.45) is 10.8 Å². The average molecular weight is 344 g/mol. The summed E-state index contributed by atoms with van der Waals surface area (Å²) in [6, 6.07) is 0. The summed E-state index contributed by atoms with van der Waals surface area (Å²) in [5.41, 5.74) is -1.79. The molecule has 0 bridgehead atoms. The normalized spacial score (nSPS) is 13.4. The van der Waals surface area contributed by atoms with Crippen molar-refractivity contribution in [3.63, 3.8) is 0 Å². The van der Waals surface area contributed by atoms with Crippen LogP contribution in [0, 0.1) is 10.8 Å². The molecule has 0 radical (unpaired) electrons. The molecule has 0 fully saturated rings. The van der Waals surface area contributed by atoms with E-state index in [1.165, 1.54) is 0 Å². The van der Waals surface area contributed by atoms with Gasteiger partial charge in [0.05, 0.1) is 5.41 Å². The van der Waals surface area contributed by atoms with Gasteiger partial charge in [-0.05, 0) is 66.7 Å². The maximum absolute atomic E-state index is 12.3. The van der Waals surface area contributed by atoms with E-state index in [1.807, 2.05) is 69.2 Å². The molecule has 0 heterocycles. The van der Waals surface area contributed by atoms with Crippen molar-refractivity contribution in [3.05, 3.63) is 0 Å². The molecule has 1 N–H and O–H groups in total. The Kier molecular flexibility index (Phi) is 7.34. The Bertz CT molecular complexity index is 439. The van der Waals surface area contributed by atoms with Gasteiger partial charge in [-0.15, -0.1) is 0 Å². The van der Waals surface area contributed by atoms with Gasteiger partial charge in [-0.25, -0.2) is 4.79 Å². The monoisotopic (exact) mass is 343 g/mol. The molecule has 142 valence electrons. The lowest BCUT2D eigenvalue weighted by atomic mass is 9.84. The van der Waals surface area contributed by atoms with Crippen molar-refractivity contribution in [1.29, 1.82) is 0 Å².